The molecule has 1 aromatic carbocycles. The molecule has 9 nitrogen and oxygen atoms in total. The molecule has 2 fully saturated rings. The average molecular weight is 571 g/mol. The number of nitrogens with zero attached hydrogens (tertiary/aromatic N) is 7. The Hall–Kier alpha value is -2.90. The van der Waals surface area contributed by atoms with Crippen LogP contribution in [0.25, 0.3) is 4.85 Å². The number of likely N-dealkylation sites (N-methyl/N-ethyl adjacent to an activating group) is 1. The molecule has 0 aliphatic carbocycles. The topological polar surface area (TPSA) is 69.4 Å². The van der Waals surface area contributed by atoms with Crippen molar-refractivity contribution in [1.82, 2.24) is 24.7 Å². The zero-order valence-electron chi connectivity index (χ0n) is 22.2. The summed E-state index contributed by atoms with van der Waals surface area (Å²) in [6, 6.07) is 6.02. The fourth-order valence-corrected chi connectivity index (χ4v) is 6.22. The first kappa shape index (κ1) is 27.7. The second-order valence-corrected chi connectivity index (χ2v) is 11.2. The largest absolute Gasteiger partial charge is 0.462 e. The number of likely N-dealkylation sites (tertiary alicyclic amines) is 1. The van der Waals surface area contributed by atoms with Crippen LogP contribution in [0.5, 0.6) is 6.01 Å². The van der Waals surface area contributed by atoms with E-state index in [1.54, 1.807) is 4.90 Å². The van der Waals surface area contributed by atoms with Crippen molar-refractivity contribution in [2.75, 3.05) is 51.3 Å². The van der Waals surface area contributed by atoms with E-state index >= 15 is 0 Å². The fourth-order valence-electron chi connectivity index (χ4n) is 5.70. The highest BCUT2D eigenvalue weighted by molar-refractivity contribution is 6.35. The minimum Gasteiger partial charge on any atom is -0.462 e. The number of carbonyl (C=O) groups is 1. The molecule has 2 atom stereocenters. The van der Waals surface area contributed by atoms with Crippen LogP contribution in [-0.2, 0) is 24.4 Å². The third-order valence-corrected chi connectivity index (χ3v) is 8.58. The van der Waals surface area contributed by atoms with E-state index in [1.165, 1.54) is 6.08 Å². The number of benzene rings is 1. The van der Waals surface area contributed by atoms with Gasteiger partial charge in [0, 0.05) is 66.5 Å². The highest BCUT2D eigenvalue weighted by atomic mass is 35.5. The zero-order chi connectivity index (χ0) is 27.5. The van der Waals surface area contributed by atoms with Crippen molar-refractivity contribution in [2.24, 2.45) is 0 Å². The Kier molecular flexibility index (Phi) is 8.57. The van der Waals surface area contributed by atoms with Crippen LogP contribution in [0, 0.1) is 6.57 Å². The minimum absolute atomic E-state index is 0.149. The predicted octanol–water partition coefficient (Wildman–Crippen LogP) is 3.89. The van der Waals surface area contributed by atoms with Crippen molar-refractivity contribution in [1.29, 1.82) is 0 Å². The molecule has 11 heteroatoms. The van der Waals surface area contributed by atoms with Crippen LogP contribution in [0.4, 0.5) is 5.82 Å². The highest BCUT2D eigenvalue weighted by Crippen LogP contribution is 2.35. The highest BCUT2D eigenvalue weighted by Gasteiger charge is 2.36. The minimum atomic E-state index is -0.247. The van der Waals surface area contributed by atoms with E-state index in [4.69, 9.17) is 44.5 Å². The molecule has 4 heterocycles. The van der Waals surface area contributed by atoms with Crippen molar-refractivity contribution in [3.8, 4) is 6.01 Å². The van der Waals surface area contributed by atoms with E-state index < -0.39 is 0 Å². The van der Waals surface area contributed by atoms with Gasteiger partial charge in [-0.3, -0.25) is 9.69 Å². The van der Waals surface area contributed by atoms with Gasteiger partial charge < -0.3 is 24.3 Å². The van der Waals surface area contributed by atoms with Crippen molar-refractivity contribution >= 4 is 34.9 Å². The summed E-state index contributed by atoms with van der Waals surface area (Å²) in [5, 5.41) is 1.28. The average Bonchev–Trinajstić information content (AvgIpc) is 3.54. The second kappa shape index (κ2) is 12.1. The first-order chi connectivity index (χ1) is 18.9. The molecular weight excluding hydrogens is 537 g/mol. The molecule has 0 N–H and O–H groups in total. The number of halogens is 2. The number of fused-ring (bicyclic) bond motifs is 1. The summed E-state index contributed by atoms with van der Waals surface area (Å²) in [5.41, 5.74) is 2.84. The van der Waals surface area contributed by atoms with Gasteiger partial charge in [0.25, 0.3) is 0 Å². The molecule has 2 saturated heterocycles. The van der Waals surface area contributed by atoms with E-state index in [0.29, 0.717) is 68.0 Å². The van der Waals surface area contributed by atoms with Crippen LogP contribution >= 0.6 is 23.2 Å². The summed E-state index contributed by atoms with van der Waals surface area (Å²) in [6.45, 7) is 16.3. The first-order valence-corrected chi connectivity index (χ1v) is 14.0. The Balaban J connectivity index is 1.42. The molecule has 5 rings (SSSR count). The van der Waals surface area contributed by atoms with Crippen LogP contribution in [0.15, 0.2) is 30.9 Å². The van der Waals surface area contributed by atoms with Gasteiger partial charge in [0.1, 0.15) is 18.5 Å². The van der Waals surface area contributed by atoms with Gasteiger partial charge in [-0.2, -0.15) is 9.97 Å². The predicted molar refractivity (Wildman–Crippen MR) is 152 cm³/mol. The number of carbonyl (C=O) groups excluding carboxylic acids is 1. The molecule has 206 valence electrons. The van der Waals surface area contributed by atoms with Gasteiger partial charge in [0.05, 0.1) is 5.69 Å². The van der Waals surface area contributed by atoms with Gasteiger partial charge >= 0.3 is 6.01 Å². The number of anilines is 1. The summed E-state index contributed by atoms with van der Waals surface area (Å²) < 4.78 is 6.18. The van der Waals surface area contributed by atoms with Gasteiger partial charge in [-0.15, -0.1) is 0 Å². The SMILES string of the molecule is [C-]#[N+]C[C@H]1CN(c2nc(OC[C@@H]3CCCN3C)nc3c2CN(Cc2c(Cl)cccc2Cl)C3)CCN1C(=O)C=C. The number of piperazine rings is 1. The van der Waals surface area contributed by atoms with Crippen LogP contribution in [-0.4, -0.2) is 89.0 Å². The standard InChI is InChI=1S/C28H33Cl2N7O2/c1-4-26(38)37-12-11-36(14-20(37)13-31-2)27-22-16-35(15-21-23(29)8-5-9-24(21)30)17-25(22)32-28(33-27)39-18-19-7-6-10-34(19)3/h4-5,8-9,19-20H,1,6-7,10-18H2,3H3/t19-,20-/m0/s1. The lowest BCUT2D eigenvalue weighted by atomic mass is 10.1. The van der Waals surface area contributed by atoms with Crippen LogP contribution in [0.2, 0.25) is 10.0 Å². The van der Waals surface area contributed by atoms with E-state index in [0.717, 1.165) is 42.0 Å². The molecule has 0 saturated carbocycles. The Labute approximate surface area is 239 Å². The molecule has 3 aliphatic heterocycles. The third kappa shape index (κ3) is 5.99. The molecule has 1 aromatic heterocycles. The normalized spacial score (nSPS) is 21.6. The van der Waals surface area contributed by atoms with Crippen LogP contribution in [0.1, 0.15) is 29.7 Å². The smallest absolute Gasteiger partial charge is 0.318 e. The van der Waals surface area contributed by atoms with Crippen LogP contribution in [0.3, 0.4) is 0 Å². The lowest BCUT2D eigenvalue weighted by molar-refractivity contribution is -0.128. The van der Waals surface area contributed by atoms with Gasteiger partial charge in [-0.1, -0.05) is 35.8 Å². The molecule has 3 aliphatic rings. The molecule has 0 spiro atoms. The van der Waals surface area contributed by atoms with E-state index in [-0.39, 0.29) is 18.5 Å². The van der Waals surface area contributed by atoms with E-state index in [1.807, 2.05) is 18.2 Å². The quantitative estimate of drug-likeness (QED) is 0.353. The molecular formula is C28H33Cl2N7O2. The monoisotopic (exact) mass is 569 g/mol. The summed E-state index contributed by atoms with van der Waals surface area (Å²) in [5.74, 6) is 0.659. The molecule has 1 amide bonds. The summed E-state index contributed by atoms with van der Waals surface area (Å²) >= 11 is 12.9. The maximum Gasteiger partial charge on any atom is 0.318 e. The van der Waals surface area contributed by atoms with Gasteiger partial charge in [-0.05, 0) is 44.6 Å². The Morgan fingerprint density at radius 3 is 2.69 bits per heavy atom. The fraction of sp³-hybridized carbons (Fsp3) is 0.500. The Morgan fingerprint density at radius 1 is 1.21 bits per heavy atom. The number of hydrogen-bond acceptors (Lipinski definition) is 7. The van der Waals surface area contributed by atoms with Crippen molar-refractivity contribution in [3.05, 3.63) is 69.1 Å². The zero-order valence-corrected chi connectivity index (χ0v) is 23.7. The second-order valence-electron chi connectivity index (χ2n) is 10.4. The summed E-state index contributed by atoms with van der Waals surface area (Å²) in [6.07, 6.45) is 3.58. The number of rotatable bonds is 8. The van der Waals surface area contributed by atoms with Crippen molar-refractivity contribution < 1.29 is 9.53 Å². The molecule has 0 unspecified atom stereocenters. The molecule has 2 aromatic rings. The maximum atomic E-state index is 12.5. The molecule has 0 bridgehead atoms. The lowest BCUT2D eigenvalue weighted by Gasteiger charge is -2.40. The Bertz CT molecular complexity index is 1260. The third-order valence-electron chi connectivity index (χ3n) is 7.87. The Morgan fingerprint density at radius 2 is 2.00 bits per heavy atom. The maximum absolute atomic E-state index is 12.5. The number of ether oxygens (including phenoxy) is 1. The van der Waals surface area contributed by atoms with E-state index in [2.05, 4.69) is 33.2 Å². The first-order valence-electron chi connectivity index (χ1n) is 13.3. The molecule has 0 radical (unpaired) electrons. The van der Waals surface area contributed by atoms with Crippen LogP contribution < -0.4 is 9.64 Å². The van der Waals surface area contributed by atoms with Gasteiger partial charge in [0.2, 0.25) is 12.5 Å². The number of amides is 1. The van der Waals surface area contributed by atoms with E-state index in [9.17, 15) is 4.79 Å². The molecule has 39 heavy (non-hydrogen) atoms. The van der Waals surface area contributed by atoms with Gasteiger partial charge in [-0.25, -0.2) is 6.57 Å². The van der Waals surface area contributed by atoms with Crippen molar-refractivity contribution in [2.45, 2.75) is 44.6 Å². The lowest BCUT2D eigenvalue weighted by Crippen LogP contribution is -2.56. The van der Waals surface area contributed by atoms with Crippen molar-refractivity contribution in [3.63, 3.8) is 0 Å². The van der Waals surface area contributed by atoms with Gasteiger partial charge in [0.15, 0.2) is 0 Å². The summed E-state index contributed by atoms with van der Waals surface area (Å²) in [7, 11) is 2.12. The number of aromatic nitrogens is 2. The summed E-state index contributed by atoms with van der Waals surface area (Å²) in [4.78, 5) is 34.3. The number of hydrogen-bond donors (Lipinski definition) is 0.